The second-order valence-corrected chi connectivity index (χ2v) is 9.18. The standard InChI is InChI=1S/C18H24O3S.Na.H/c1-17(2,3)14-11-12-9-7-8-10-13(12)16(22(19,20)21)15(14)18(4,5)6;;/h7-11H,1-6H3,(H,19,20,21);;. The third kappa shape index (κ3) is 4.18. The summed E-state index contributed by atoms with van der Waals surface area (Å²) in [4.78, 5) is 0.0445. The normalized spacial score (nSPS) is 13.0. The van der Waals surface area contributed by atoms with E-state index in [1.54, 1.807) is 12.1 Å². The summed E-state index contributed by atoms with van der Waals surface area (Å²) in [6.45, 7) is 12.1. The third-order valence-corrected chi connectivity index (χ3v) is 4.76. The molecule has 23 heavy (non-hydrogen) atoms. The summed E-state index contributed by atoms with van der Waals surface area (Å²) in [5.74, 6) is 0. The average Bonchev–Trinajstić information content (AvgIpc) is 2.33. The van der Waals surface area contributed by atoms with Crippen molar-refractivity contribution in [1.82, 2.24) is 0 Å². The number of benzene rings is 2. The van der Waals surface area contributed by atoms with Gasteiger partial charge in [0.15, 0.2) is 0 Å². The third-order valence-electron chi connectivity index (χ3n) is 3.82. The average molecular weight is 344 g/mol. The zero-order valence-corrected chi connectivity index (χ0v) is 14.9. The fourth-order valence-corrected chi connectivity index (χ4v) is 4.06. The van der Waals surface area contributed by atoms with Gasteiger partial charge in [-0.3, -0.25) is 4.55 Å². The van der Waals surface area contributed by atoms with E-state index < -0.39 is 15.5 Å². The molecule has 0 bridgehead atoms. The molecule has 122 valence electrons. The van der Waals surface area contributed by atoms with Crippen molar-refractivity contribution in [1.29, 1.82) is 0 Å². The van der Waals surface area contributed by atoms with Crippen molar-refractivity contribution in [3.05, 3.63) is 41.5 Å². The predicted molar refractivity (Wildman–Crippen MR) is 98.3 cm³/mol. The van der Waals surface area contributed by atoms with E-state index in [0.29, 0.717) is 10.9 Å². The molecule has 2 rings (SSSR count). The van der Waals surface area contributed by atoms with Crippen LogP contribution < -0.4 is 0 Å². The van der Waals surface area contributed by atoms with E-state index in [0.717, 1.165) is 10.9 Å². The Balaban J connectivity index is 0.00000264. The maximum absolute atomic E-state index is 12.1. The first-order valence-corrected chi connectivity index (χ1v) is 8.81. The molecule has 0 aliphatic heterocycles. The molecule has 2 aromatic rings. The van der Waals surface area contributed by atoms with Crippen LogP contribution in [0.4, 0.5) is 0 Å². The fourth-order valence-electron chi connectivity index (χ4n) is 2.92. The predicted octanol–water partition coefficient (Wildman–Crippen LogP) is 4.03. The summed E-state index contributed by atoms with van der Waals surface area (Å²) in [5, 5.41) is 1.40. The van der Waals surface area contributed by atoms with Crippen molar-refractivity contribution < 1.29 is 13.0 Å². The molecular weight excluding hydrogens is 319 g/mol. The van der Waals surface area contributed by atoms with Crippen LogP contribution in [0.5, 0.6) is 0 Å². The van der Waals surface area contributed by atoms with Gasteiger partial charge in [-0.25, -0.2) is 0 Å². The van der Waals surface area contributed by atoms with Gasteiger partial charge < -0.3 is 0 Å². The first-order valence-electron chi connectivity index (χ1n) is 7.37. The first-order chi connectivity index (χ1) is 9.83. The van der Waals surface area contributed by atoms with Crippen LogP contribution in [0.3, 0.4) is 0 Å². The van der Waals surface area contributed by atoms with E-state index in [9.17, 15) is 13.0 Å². The second-order valence-electron chi connectivity index (χ2n) is 7.82. The molecule has 5 heteroatoms. The molecule has 0 radical (unpaired) electrons. The number of hydrogen-bond acceptors (Lipinski definition) is 2. The van der Waals surface area contributed by atoms with E-state index in [1.807, 2.05) is 39.0 Å². The SMILES string of the molecule is CC(C)(C)c1cc2ccccc2c(S(=O)(=O)O)c1C(C)(C)C.[NaH]. The van der Waals surface area contributed by atoms with E-state index in [1.165, 1.54) is 0 Å². The van der Waals surface area contributed by atoms with Crippen LogP contribution in [0.1, 0.15) is 52.7 Å². The van der Waals surface area contributed by atoms with Gasteiger partial charge in [-0.2, -0.15) is 8.42 Å². The van der Waals surface area contributed by atoms with Gasteiger partial charge in [0.2, 0.25) is 0 Å². The Hall–Kier alpha value is -0.390. The number of hydrogen-bond donors (Lipinski definition) is 1. The van der Waals surface area contributed by atoms with Crippen molar-refractivity contribution >= 4 is 50.4 Å². The minimum absolute atomic E-state index is 0. The Morgan fingerprint density at radius 2 is 1.43 bits per heavy atom. The second kappa shape index (κ2) is 6.49. The van der Waals surface area contributed by atoms with Gasteiger partial charge in [0.1, 0.15) is 4.90 Å². The zero-order chi connectivity index (χ0) is 16.9. The first kappa shape index (κ1) is 20.7. The molecule has 0 spiro atoms. The molecule has 0 unspecified atom stereocenters. The molecule has 2 aromatic carbocycles. The van der Waals surface area contributed by atoms with E-state index in [4.69, 9.17) is 0 Å². The minimum atomic E-state index is -4.33. The molecule has 0 aliphatic carbocycles. The molecule has 0 saturated heterocycles. The Morgan fingerprint density at radius 1 is 0.913 bits per heavy atom. The van der Waals surface area contributed by atoms with Gasteiger partial charge in [-0.05, 0) is 27.3 Å². The van der Waals surface area contributed by atoms with Crippen LogP contribution in [0.15, 0.2) is 35.2 Å². The van der Waals surface area contributed by atoms with Crippen LogP contribution in [-0.2, 0) is 20.9 Å². The number of rotatable bonds is 1. The van der Waals surface area contributed by atoms with Crippen molar-refractivity contribution in [2.75, 3.05) is 0 Å². The quantitative estimate of drug-likeness (QED) is 0.628. The summed E-state index contributed by atoms with van der Waals surface area (Å²) in [7, 11) is -4.33. The van der Waals surface area contributed by atoms with Crippen LogP contribution >= 0.6 is 0 Å². The van der Waals surface area contributed by atoms with Crippen molar-refractivity contribution in [2.24, 2.45) is 0 Å². The summed E-state index contributed by atoms with van der Waals surface area (Å²) in [6, 6.07) is 9.34. The van der Waals surface area contributed by atoms with E-state index in [2.05, 4.69) is 20.8 Å². The van der Waals surface area contributed by atoms with Gasteiger partial charge in [-0.1, -0.05) is 71.9 Å². The summed E-state index contributed by atoms with van der Waals surface area (Å²) in [6.07, 6.45) is 0. The van der Waals surface area contributed by atoms with Crippen LogP contribution in [0, 0.1) is 0 Å². The summed E-state index contributed by atoms with van der Waals surface area (Å²) in [5.41, 5.74) is 1.01. The molecular formula is C18H25NaO3S. The molecule has 0 heterocycles. The van der Waals surface area contributed by atoms with Crippen molar-refractivity contribution in [2.45, 2.75) is 57.3 Å². The van der Waals surface area contributed by atoms with Gasteiger partial charge in [-0.15, -0.1) is 0 Å². The van der Waals surface area contributed by atoms with E-state index in [-0.39, 0.29) is 39.9 Å². The monoisotopic (exact) mass is 344 g/mol. The topological polar surface area (TPSA) is 54.4 Å². The van der Waals surface area contributed by atoms with Gasteiger partial charge >= 0.3 is 29.6 Å². The van der Waals surface area contributed by atoms with E-state index >= 15 is 0 Å². The number of fused-ring (bicyclic) bond motifs is 1. The van der Waals surface area contributed by atoms with Gasteiger partial charge in [0, 0.05) is 5.39 Å². The molecule has 0 fully saturated rings. The molecule has 0 saturated carbocycles. The summed E-state index contributed by atoms with van der Waals surface area (Å²) < 4.78 is 34.2. The Bertz CT molecular complexity index is 826. The van der Waals surface area contributed by atoms with Crippen LogP contribution in [0.25, 0.3) is 10.8 Å². The van der Waals surface area contributed by atoms with Crippen LogP contribution in [0.2, 0.25) is 0 Å². The zero-order valence-electron chi connectivity index (χ0n) is 14.1. The van der Waals surface area contributed by atoms with Crippen molar-refractivity contribution in [3.63, 3.8) is 0 Å². The van der Waals surface area contributed by atoms with Crippen LogP contribution in [-0.4, -0.2) is 42.5 Å². The molecule has 1 N–H and O–H groups in total. The Kier molecular flexibility index (Phi) is 5.83. The van der Waals surface area contributed by atoms with Crippen molar-refractivity contribution in [3.8, 4) is 0 Å². The molecule has 3 nitrogen and oxygen atoms in total. The maximum atomic E-state index is 12.1. The fraction of sp³-hybridized carbons (Fsp3) is 0.444. The molecule has 0 amide bonds. The Morgan fingerprint density at radius 3 is 1.87 bits per heavy atom. The van der Waals surface area contributed by atoms with Gasteiger partial charge in [0.05, 0.1) is 0 Å². The molecule has 0 atom stereocenters. The summed E-state index contributed by atoms with van der Waals surface area (Å²) >= 11 is 0. The molecule has 0 aliphatic rings. The van der Waals surface area contributed by atoms with Gasteiger partial charge in [0.25, 0.3) is 10.1 Å². The molecule has 0 aromatic heterocycles. The Labute approximate surface area is 161 Å².